The molecule has 0 saturated carbocycles. The third-order valence-corrected chi connectivity index (χ3v) is 4.00. The van der Waals surface area contributed by atoms with Gasteiger partial charge in [0.15, 0.2) is 0 Å². The van der Waals surface area contributed by atoms with Gasteiger partial charge in [0.2, 0.25) is 0 Å². The molecule has 0 aliphatic carbocycles. The molecule has 1 aromatic rings. The van der Waals surface area contributed by atoms with Gasteiger partial charge >= 0.3 is 0 Å². The summed E-state index contributed by atoms with van der Waals surface area (Å²) < 4.78 is 0. The van der Waals surface area contributed by atoms with Gasteiger partial charge in [0, 0.05) is 18.8 Å². The first-order valence-corrected chi connectivity index (χ1v) is 7.70. The monoisotopic (exact) mass is 262 g/mol. The SMILES string of the molecule is CCC(CC)CN(CC)c1ccc(C)cc1CCN. The lowest BCUT2D eigenvalue weighted by molar-refractivity contribution is 0.485. The summed E-state index contributed by atoms with van der Waals surface area (Å²) in [7, 11) is 0. The van der Waals surface area contributed by atoms with E-state index >= 15 is 0 Å². The van der Waals surface area contributed by atoms with E-state index in [1.54, 1.807) is 0 Å². The Bertz CT molecular complexity index is 370. The number of benzene rings is 1. The molecule has 0 aliphatic rings. The Morgan fingerprint density at radius 3 is 2.37 bits per heavy atom. The quantitative estimate of drug-likeness (QED) is 0.773. The predicted molar refractivity (Wildman–Crippen MR) is 85.9 cm³/mol. The molecular weight excluding hydrogens is 232 g/mol. The maximum Gasteiger partial charge on any atom is 0.0399 e. The van der Waals surface area contributed by atoms with Gasteiger partial charge in [-0.15, -0.1) is 0 Å². The molecule has 2 nitrogen and oxygen atoms in total. The third-order valence-electron chi connectivity index (χ3n) is 4.00. The average molecular weight is 262 g/mol. The van der Waals surface area contributed by atoms with Crippen LogP contribution in [0, 0.1) is 12.8 Å². The van der Waals surface area contributed by atoms with Crippen molar-refractivity contribution in [3.05, 3.63) is 29.3 Å². The number of aryl methyl sites for hydroxylation is 1. The smallest absolute Gasteiger partial charge is 0.0399 e. The molecule has 2 N–H and O–H groups in total. The molecule has 0 aromatic heterocycles. The van der Waals surface area contributed by atoms with Crippen LogP contribution in [-0.4, -0.2) is 19.6 Å². The van der Waals surface area contributed by atoms with E-state index in [1.165, 1.54) is 29.7 Å². The first kappa shape index (κ1) is 16.0. The molecule has 108 valence electrons. The summed E-state index contributed by atoms with van der Waals surface area (Å²) in [6, 6.07) is 6.77. The van der Waals surface area contributed by atoms with Gasteiger partial charge in [0.25, 0.3) is 0 Å². The minimum absolute atomic E-state index is 0.721. The van der Waals surface area contributed by atoms with Crippen LogP contribution in [-0.2, 0) is 6.42 Å². The van der Waals surface area contributed by atoms with Crippen LogP contribution in [0.2, 0.25) is 0 Å². The van der Waals surface area contributed by atoms with Gasteiger partial charge in [-0.3, -0.25) is 0 Å². The summed E-state index contributed by atoms with van der Waals surface area (Å²) in [6.45, 7) is 11.9. The number of nitrogens with two attached hydrogens (primary N) is 1. The first-order chi connectivity index (χ1) is 9.15. The molecule has 19 heavy (non-hydrogen) atoms. The van der Waals surface area contributed by atoms with Crippen molar-refractivity contribution in [3.63, 3.8) is 0 Å². The summed E-state index contributed by atoms with van der Waals surface area (Å²) in [4.78, 5) is 2.52. The van der Waals surface area contributed by atoms with Crippen LogP contribution in [0.5, 0.6) is 0 Å². The van der Waals surface area contributed by atoms with E-state index in [2.05, 4.69) is 50.8 Å². The lowest BCUT2D eigenvalue weighted by atomic mass is 10.0. The molecule has 0 radical (unpaired) electrons. The van der Waals surface area contributed by atoms with E-state index in [0.29, 0.717) is 0 Å². The fourth-order valence-corrected chi connectivity index (χ4v) is 2.63. The van der Waals surface area contributed by atoms with Crippen LogP contribution in [0.15, 0.2) is 18.2 Å². The lowest BCUT2D eigenvalue weighted by Gasteiger charge is -2.29. The van der Waals surface area contributed by atoms with E-state index in [9.17, 15) is 0 Å². The van der Waals surface area contributed by atoms with Crippen LogP contribution in [0.4, 0.5) is 5.69 Å². The highest BCUT2D eigenvalue weighted by Gasteiger charge is 2.13. The van der Waals surface area contributed by atoms with Crippen LogP contribution < -0.4 is 10.6 Å². The second-order valence-corrected chi connectivity index (χ2v) is 5.39. The van der Waals surface area contributed by atoms with Gasteiger partial charge in [0.1, 0.15) is 0 Å². The van der Waals surface area contributed by atoms with Crippen molar-refractivity contribution >= 4 is 5.69 Å². The van der Waals surface area contributed by atoms with E-state index in [1.807, 2.05) is 0 Å². The molecular formula is C17H30N2. The number of nitrogens with zero attached hydrogens (tertiary/aromatic N) is 1. The maximum atomic E-state index is 5.76. The van der Waals surface area contributed by atoms with E-state index in [-0.39, 0.29) is 0 Å². The van der Waals surface area contributed by atoms with Crippen LogP contribution >= 0.6 is 0 Å². The van der Waals surface area contributed by atoms with Crippen molar-refractivity contribution in [1.82, 2.24) is 0 Å². The molecule has 0 heterocycles. The summed E-state index contributed by atoms with van der Waals surface area (Å²) in [5, 5.41) is 0. The normalized spacial score (nSPS) is 11.1. The molecule has 2 heteroatoms. The number of rotatable bonds is 8. The Kier molecular flexibility index (Phi) is 6.93. The number of hydrogen-bond donors (Lipinski definition) is 1. The Morgan fingerprint density at radius 2 is 1.84 bits per heavy atom. The van der Waals surface area contributed by atoms with Gasteiger partial charge in [-0.1, -0.05) is 44.4 Å². The standard InChI is InChI=1S/C17H30N2/c1-5-15(6-2)13-19(7-3)17-9-8-14(4)12-16(17)10-11-18/h8-9,12,15H,5-7,10-11,13,18H2,1-4H3. The van der Waals surface area contributed by atoms with Crippen molar-refractivity contribution in [2.45, 2.75) is 47.0 Å². The van der Waals surface area contributed by atoms with Gasteiger partial charge in [-0.05, 0) is 44.4 Å². The number of hydrogen-bond acceptors (Lipinski definition) is 2. The van der Waals surface area contributed by atoms with Crippen LogP contribution in [0.1, 0.15) is 44.7 Å². The van der Waals surface area contributed by atoms with Crippen molar-refractivity contribution in [3.8, 4) is 0 Å². The molecule has 0 atom stereocenters. The lowest BCUT2D eigenvalue weighted by Crippen LogP contribution is -2.30. The molecule has 0 bridgehead atoms. The molecule has 0 spiro atoms. The Hall–Kier alpha value is -1.02. The molecule has 0 unspecified atom stereocenters. The van der Waals surface area contributed by atoms with Crippen molar-refractivity contribution in [2.75, 3.05) is 24.5 Å². The van der Waals surface area contributed by atoms with Crippen molar-refractivity contribution in [2.24, 2.45) is 11.7 Å². The van der Waals surface area contributed by atoms with Crippen molar-refractivity contribution in [1.29, 1.82) is 0 Å². The van der Waals surface area contributed by atoms with Crippen LogP contribution in [0.3, 0.4) is 0 Å². The molecule has 1 rings (SSSR count). The molecule has 0 amide bonds. The molecule has 0 aliphatic heterocycles. The highest BCUT2D eigenvalue weighted by molar-refractivity contribution is 5.55. The van der Waals surface area contributed by atoms with Gasteiger partial charge < -0.3 is 10.6 Å². The second kappa shape index (κ2) is 8.21. The highest BCUT2D eigenvalue weighted by Crippen LogP contribution is 2.24. The maximum absolute atomic E-state index is 5.76. The first-order valence-electron chi connectivity index (χ1n) is 7.70. The summed E-state index contributed by atoms with van der Waals surface area (Å²) >= 11 is 0. The third kappa shape index (κ3) is 4.54. The topological polar surface area (TPSA) is 29.3 Å². The van der Waals surface area contributed by atoms with E-state index < -0.39 is 0 Å². The fourth-order valence-electron chi connectivity index (χ4n) is 2.63. The second-order valence-electron chi connectivity index (χ2n) is 5.39. The Balaban J connectivity index is 2.96. The zero-order valence-corrected chi connectivity index (χ0v) is 13.1. The summed E-state index contributed by atoms with van der Waals surface area (Å²) in [6.07, 6.45) is 3.48. The fraction of sp³-hybridized carbons (Fsp3) is 0.647. The minimum atomic E-state index is 0.721. The van der Waals surface area contributed by atoms with Gasteiger partial charge in [0.05, 0.1) is 0 Å². The Labute approximate surface area is 119 Å². The largest absolute Gasteiger partial charge is 0.371 e. The van der Waals surface area contributed by atoms with Gasteiger partial charge in [-0.2, -0.15) is 0 Å². The molecule has 0 fully saturated rings. The molecule has 1 aromatic carbocycles. The van der Waals surface area contributed by atoms with Crippen LogP contribution in [0.25, 0.3) is 0 Å². The summed E-state index contributed by atoms with van der Waals surface area (Å²) in [5.41, 5.74) is 9.86. The zero-order valence-electron chi connectivity index (χ0n) is 13.1. The average Bonchev–Trinajstić information content (AvgIpc) is 2.42. The van der Waals surface area contributed by atoms with E-state index in [4.69, 9.17) is 5.73 Å². The van der Waals surface area contributed by atoms with Crippen molar-refractivity contribution < 1.29 is 0 Å². The van der Waals surface area contributed by atoms with E-state index in [0.717, 1.165) is 32.0 Å². The number of anilines is 1. The minimum Gasteiger partial charge on any atom is -0.371 e. The predicted octanol–water partition coefficient (Wildman–Crippen LogP) is 3.76. The Morgan fingerprint density at radius 1 is 1.16 bits per heavy atom. The summed E-state index contributed by atoms with van der Waals surface area (Å²) in [5.74, 6) is 0.784. The molecule has 0 saturated heterocycles. The zero-order chi connectivity index (χ0) is 14.3. The van der Waals surface area contributed by atoms with Gasteiger partial charge in [-0.25, -0.2) is 0 Å². The highest BCUT2D eigenvalue weighted by atomic mass is 15.1.